The molecule has 1 fully saturated rings. The molecule has 1 aromatic carbocycles. The first-order valence-corrected chi connectivity index (χ1v) is 6.84. The number of phenolic OH excluding ortho intramolecular Hbond substituents is 1. The fourth-order valence-electron chi connectivity index (χ4n) is 2.52. The van der Waals surface area contributed by atoms with Crippen molar-refractivity contribution >= 4 is 11.9 Å². The summed E-state index contributed by atoms with van der Waals surface area (Å²) < 4.78 is 9.83. The van der Waals surface area contributed by atoms with Crippen molar-refractivity contribution in [3.8, 4) is 11.5 Å². The largest absolute Gasteiger partial charge is 0.507 e. The topological polar surface area (TPSA) is 76.1 Å². The van der Waals surface area contributed by atoms with Gasteiger partial charge in [0.2, 0.25) is 0 Å². The average molecular weight is 293 g/mol. The van der Waals surface area contributed by atoms with Gasteiger partial charge in [-0.1, -0.05) is 0 Å². The molecule has 1 heterocycles. The van der Waals surface area contributed by atoms with E-state index >= 15 is 0 Å². The smallest absolute Gasteiger partial charge is 0.328 e. The summed E-state index contributed by atoms with van der Waals surface area (Å²) in [4.78, 5) is 25.9. The minimum absolute atomic E-state index is 0.130. The Morgan fingerprint density at radius 1 is 1.29 bits per heavy atom. The highest BCUT2D eigenvalue weighted by Crippen LogP contribution is 2.27. The van der Waals surface area contributed by atoms with Gasteiger partial charge in [0.25, 0.3) is 5.91 Å². The molecular formula is C15H19NO5. The molecule has 6 nitrogen and oxygen atoms in total. The van der Waals surface area contributed by atoms with Crippen molar-refractivity contribution in [2.45, 2.75) is 25.3 Å². The number of methoxy groups -OCH3 is 2. The maximum Gasteiger partial charge on any atom is 0.328 e. The van der Waals surface area contributed by atoms with Crippen molar-refractivity contribution in [3.63, 3.8) is 0 Å². The minimum Gasteiger partial charge on any atom is -0.507 e. The maximum absolute atomic E-state index is 12.6. The molecule has 0 bridgehead atoms. The molecule has 0 aromatic heterocycles. The molecule has 2 rings (SSSR count). The molecule has 21 heavy (non-hydrogen) atoms. The molecule has 1 unspecified atom stereocenters. The van der Waals surface area contributed by atoms with Gasteiger partial charge in [-0.2, -0.15) is 0 Å². The van der Waals surface area contributed by atoms with E-state index in [0.29, 0.717) is 18.7 Å². The lowest BCUT2D eigenvalue weighted by Crippen LogP contribution is -2.48. The van der Waals surface area contributed by atoms with Gasteiger partial charge >= 0.3 is 5.97 Å². The first kappa shape index (κ1) is 15.2. The Hall–Kier alpha value is -2.24. The van der Waals surface area contributed by atoms with E-state index in [1.165, 1.54) is 31.3 Å². The van der Waals surface area contributed by atoms with Gasteiger partial charge in [-0.15, -0.1) is 0 Å². The van der Waals surface area contributed by atoms with Crippen molar-refractivity contribution in [1.29, 1.82) is 0 Å². The van der Waals surface area contributed by atoms with Gasteiger partial charge < -0.3 is 19.5 Å². The molecule has 114 valence electrons. The van der Waals surface area contributed by atoms with Crippen LogP contribution in [0, 0.1) is 0 Å². The first-order valence-electron chi connectivity index (χ1n) is 6.84. The van der Waals surface area contributed by atoms with Gasteiger partial charge in [0.05, 0.1) is 19.8 Å². The normalized spacial score (nSPS) is 18.2. The van der Waals surface area contributed by atoms with Crippen molar-refractivity contribution in [3.05, 3.63) is 23.8 Å². The molecule has 1 aliphatic rings. The second kappa shape index (κ2) is 6.47. The minimum atomic E-state index is -0.596. The third-order valence-electron chi connectivity index (χ3n) is 3.67. The molecule has 6 heteroatoms. The molecule has 0 radical (unpaired) electrons. The lowest BCUT2D eigenvalue weighted by molar-refractivity contribution is -0.147. The summed E-state index contributed by atoms with van der Waals surface area (Å²) in [5.41, 5.74) is 0.130. The molecule has 1 saturated heterocycles. The Kier molecular flexibility index (Phi) is 4.67. The van der Waals surface area contributed by atoms with Crippen molar-refractivity contribution in [1.82, 2.24) is 4.90 Å². The summed E-state index contributed by atoms with van der Waals surface area (Å²) >= 11 is 0. The van der Waals surface area contributed by atoms with E-state index < -0.39 is 12.0 Å². The first-order chi connectivity index (χ1) is 10.1. The van der Waals surface area contributed by atoms with Crippen LogP contribution in [0.2, 0.25) is 0 Å². The van der Waals surface area contributed by atoms with Crippen LogP contribution < -0.4 is 4.74 Å². The summed E-state index contributed by atoms with van der Waals surface area (Å²) in [6.07, 6.45) is 2.26. The Labute approximate surface area is 123 Å². The van der Waals surface area contributed by atoms with E-state index in [4.69, 9.17) is 9.47 Å². The molecule has 1 N–H and O–H groups in total. The van der Waals surface area contributed by atoms with Crippen LogP contribution in [-0.2, 0) is 9.53 Å². The van der Waals surface area contributed by atoms with E-state index in [1.807, 2.05) is 0 Å². The van der Waals surface area contributed by atoms with Crippen molar-refractivity contribution < 1.29 is 24.2 Å². The van der Waals surface area contributed by atoms with E-state index in [9.17, 15) is 14.7 Å². The van der Waals surface area contributed by atoms with Crippen LogP contribution in [-0.4, -0.2) is 48.7 Å². The Morgan fingerprint density at radius 2 is 2.05 bits per heavy atom. The molecule has 1 atom stereocenters. The van der Waals surface area contributed by atoms with Crippen LogP contribution in [0.5, 0.6) is 11.5 Å². The monoisotopic (exact) mass is 293 g/mol. The zero-order valence-electron chi connectivity index (χ0n) is 12.2. The van der Waals surface area contributed by atoms with Gasteiger partial charge in [-0.3, -0.25) is 4.79 Å². The number of piperidine rings is 1. The van der Waals surface area contributed by atoms with Gasteiger partial charge in [-0.05, 0) is 37.5 Å². The number of ether oxygens (including phenoxy) is 2. The van der Waals surface area contributed by atoms with Gasteiger partial charge in [0.1, 0.15) is 17.5 Å². The van der Waals surface area contributed by atoms with E-state index in [1.54, 1.807) is 6.07 Å². The second-order valence-corrected chi connectivity index (χ2v) is 4.92. The van der Waals surface area contributed by atoms with E-state index in [0.717, 1.165) is 12.8 Å². The molecule has 0 aliphatic carbocycles. The highest BCUT2D eigenvalue weighted by atomic mass is 16.5. The second-order valence-electron chi connectivity index (χ2n) is 4.92. The summed E-state index contributed by atoms with van der Waals surface area (Å²) in [5, 5.41) is 9.89. The number of nitrogens with zero attached hydrogens (tertiary/aromatic N) is 1. The third-order valence-corrected chi connectivity index (χ3v) is 3.67. The Bertz CT molecular complexity index is 543. The van der Waals surface area contributed by atoms with Crippen LogP contribution in [0.1, 0.15) is 29.6 Å². The molecule has 0 spiro atoms. The quantitative estimate of drug-likeness (QED) is 0.856. The number of rotatable bonds is 3. The zero-order chi connectivity index (χ0) is 15.4. The maximum atomic E-state index is 12.6. The highest BCUT2D eigenvalue weighted by Gasteiger charge is 2.34. The predicted octanol–water partition coefficient (Wildman–Crippen LogP) is 1.57. The van der Waals surface area contributed by atoms with Crippen molar-refractivity contribution in [2.75, 3.05) is 20.8 Å². The predicted molar refractivity (Wildman–Crippen MR) is 75.4 cm³/mol. The molecule has 1 amide bonds. The lowest BCUT2D eigenvalue weighted by atomic mass is 10.0. The Balaban J connectivity index is 2.30. The lowest BCUT2D eigenvalue weighted by Gasteiger charge is -2.33. The number of hydrogen-bond acceptors (Lipinski definition) is 5. The number of hydrogen-bond donors (Lipinski definition) is 1. The number of carbonyl (C=O) groups excluding carboxylic acids is 2. The van der Waals surface area contributed by atoms with E-state index in [2.05, 4.69) is 0 Å². The summed E-state index contributed by atoms with van der Waals surface area (Å²) in [5.74, 6) is -0.468. The van der Waals surface area contributed by atoms with Gasteiger partial charge in [-0.25, -0.2) is 4.79 Å². The number of carbonyl (C=O) groups is 2. The standard InChI is InChI=1S/C15H19NO5/c1-20-10-6-7-13(17)11(9-10)14(18)16-8-4-3-5-12(16)15(19)21-2/h6-7,9,12,17H,3-5,8H2,1-2H3. The van der Waals surface area contributed by atoms with Crippen LogP contribution in [0.3, 0.4) is 0 Å². The van der Waals surface area contributed by atoms with Gasteiger partial charge in [0.15, 0.2) is 0 Å². The summed E-state index contributed by atoms with van der Waals surface area (Å²) in [6, 6.07) is 3.85. The van der Waals surface area contributed by atoms with Crippen LogP contribution >= 0.6 is 0 Å². The summed E-state index contributed by atoms with van der Waals surface area (Å²) in [7, 11) is 2.79. The SMILES string of the molecule is COC(=O)C1CCCCN1C(=O)c1cc(OC)ccc1O. The molecule has 1 aliphatic heterocycles. The van der Waals surface area contributed by atoms with Gasteiger partial charge in [0, 0.05) is 6.54 Å². The number of esters is 1. The number of phenols is 1. The van der Waals surface area contributed by atoms with E-state index in [-0.39, 0.29) is 17.2 Å². The molecule has 0 saturated carbocycles. The zero-order valence-corrected chi connectivity index (χ0v) is 12.2. The highest BCUT2D eigenvalue weighted by molar-refractivity contribution is 5.99. The average Bonchev–Trinajstić information content (AvgIpc) is 2.54. The number of benzene rings is 1. The Morgan fingerprint density at radius 3 is 2.71 bits per heavy atom. The fraction of sp³-hybridized carbons (Fsp3) is 0.467. The molecule has 1 aromatic rings. The van der Waals surface area contributed by atoms with Crippen LogP contribution in [0.25, 0.3) is 0 Å². The van der Waals surface area contributed by atoms with Crippen LogP contribution in [0.15, 0.2) is 18.2 Å². The number of aromatic hydroxyl groups is 1. The number of amides is 1. The third kappa shape index (κ3) is 3.09. The van der Waals surface area contributed by atoms with Crippen molar-refractivity contribution in [2.24, 2.45) is 0 Å². The number of likely N-dealkylation sites (tertiary alicyclic amines) is 1. The fourth-order valence-corrected chi connectivity index (χ4v) is 2.52. The van der Waals surface area contributed by atoms with Crippen LogP contribution in [0.4, 0.5) is 0 Å². The summed E-state index contributed by atoms with van der Waals surface area (Å²) in [6.45, 7) is 0.468. The molecular weight excluding hydrogens is 274 g/mol.